The van der Waals surface area contributed by atoms with Crippen molar-refractivity contribution in [2.75, 3.05) is 0 Å². The number of aromatic nitrogens is 3. The van der Waals surface area contributed by atoms with Gasteiger partial charge in [0.2, 0.25) is 0 Å². The summed E-state index contributed by atoms with van der Waals surface area (Å²) in [5, 5.41) is 2.73. The van der Waals surface area contributed by atoms with Crippen LogP contribution in [0.3, 0.4) is 0 Å². The molecule has 4 nitrogen and oxygen atoms in total. The Kier molecular flexibility index (Phi) is 1.87. The summed E-state index contributed by atoms with van der Waals surface area (Å²) in [5.74, 6) is 0. The highest BCUT2D eigenvalue weighted by molar-refractivity contribution is 6.19. The molecule has 1 N–H and O–H groups in total. The molecule has 0 amide bonds. The summed E-state index contributed by atoms with van der Waals surface area (Å²) in [6.07, 6.45) is 3.45. The fraction of sp³-hybridized carbons (Fsp3) is 0.0667. The van der Waals surface area contributed by atoms with E-state index >= 15 is 0 Å². The molecule has 4 aromatic rings. The van der Waals surface area contributed by atoms with E-state index < -0.39 is 0 Å². The Bertz CT molecular complexity index is 995. The summed E-state index contributed by atoms with van der Waals surface area (Å²) >= 11 is 0. The highest BCUT2D eigenvalue weighted by Gasteiger charge is 2.13. The highest BCUT2D eigenvalue weighted by Crippen LogP contribution is 2.31. The third-order valence-corrected chi connectivity index (χ3v) is 3.67. The lowest BCUT2D eigenvalue weighted by molar-refractivity contribution is 1.01. The monoisotopic (exact) mass is 249 g/mol. The van der Waals surface area contributed by atoms with Crippen LogP contribution < -0.4 is 5.56 Å². The minimum Gasteiger partial charge on any atom is -0.343 e. The van der Waals surface area contributed by atoms with Gasteiger partial charge in [0.1, 0.15) is 0 Å². The van der Waals surface area contributed by atoms with E-state index in [1.807, 2.05) is 41.9 Å². The van der Waals surface area contributed by atoms with Gasteiger partial charge in [0.25, 0.3) is 5.56 Å². The summed E-state index contributed by atoms with van der Waals surface area (Å²) in [6.45, 7) is 0. The van der Waals surface area contributed by atoms with Crippen LogP contribution in [0.1, 0.15) is 0 Å². The van der Waals surface area contributed by atoms with Crippen LogP contribution in [-0.2, 0) is 7.05 Å². The number of rotatable bonds is 0. The third kappa shape index (κ3) is 1.23. The summed E-state index contributed by atoms with van der Waals surface area (Å²) in [6, 6.07) is 9.85. The molecule has 0 aliphatic rings. The van der Waals surface area contributed by atoms with Gasteiger partial charge in [0, 0.05) is 35.7 Å². The number of aromatic amines is 1. The molecular formula is C15H11N3O. The molecule has 0 aliphatic carbocycles. The van der Waals surface area contributed by atoms with Crippen LogP contribution in [0.2, 0.25) is 0 Å². The van der Waals surface area contributed by atoms with Gasteiger partial charge in [-0.2, -0.15) is 0 Å². The third-order valence-electron chi connectivity index (χ3n) is 3.67. The van der Waals surface area contributed by atoms with E-state index in [0.717, 1.165) is 32.7 Å². The molecule has 19 heavy (non-hydrogen) atoms. The molecule has 0 fully saturated rings. The van der Waals surface area contributed by atoms with E-state index in [2.05, 4.69) is 9.97 Å². The van der Waals surface area contributed by atoms with Gasteiger partial charge in [-0.25, -0.2) is 0 Å². The highest BCUT2D eigenvalue weighted by atomic mass is 16.1. The normalized spacial score (nSPS) is 11.6. The molecule has 4 heteroatoms. The van der Waals surface area contributed by atoms with Crippen molar-refractivity contribution < 1.29 is 0 Å². The van der Waals surface area contributed by atoms with Crippen LogP contribution >= 0.6 is 0 Å². The Morgan fingerprint density at radius 1 is 1.11 bits per heavy atom. The Balaban J connectivity index is 2.47. The lowest BCUT2D eigenvalue weighted by Gasteiger charge is -2.00. The maximum absolute atomic E-state index is 12.2. The van der Waals surface area contributed by atoms with Crippen LogP contribution in [0.4, 0.5) is 0 Å². The summed E-state index contributed by atoms with van der Waals surface area (Å²) in [7, 11) is 1.98. The largest absolute Gasteiger partial charge is 0.343 e. The van der Waals surface area contributed by atoms with Crippen molar-refractivity contribution in [2.45, 2.75) is 0 Å². The van der Waals surface area contributed by atoms with Crippen molar-refractivity contribution in [1.29, 1.82) is 0 Å². The molecule has 0 bridgehead atoms. The summed E-state index contributed by atoms with van der Waals surface area (Å²) in [5.41, 5.74) is 2.84. The van der Waals surface area contributed by atoms with E-state index in [0.29, 0.717) is 0 Å². The fourth-order valence-corrected chi connectivity index (χ4v) is 2.80. The number of H-pyrrole nitrogens is 1. The lowest BCUT2D eigenvalue weighted by atomic mass is 10.1. The van der Waals surface area contributed by atoms with Gasteiger partial charge in [-0.05, 0) is 24.3 Å². The Labute approximate surface area is 108 Å². The first-order valence-electron chi connectivity index (χ1n) is 6.11. The van der Waals surface area contributed by atoms with E-state index in [-0.39, 0.29) is 5.56 Å². The first-order valence-corrected chi connectivity index (χ1v) is 6.11. The van der Waals surface area contributed by atoms with Crippen molar-refractivity contribution in [3.05, 3.63) is 53.1 Å². The van der Waals surface area contributed by atoms with E-state index in [1.165, 1.54) is 0 Å². The average molecular weight is 249 g/mol. The molecule has 0 saturated carbocycles. The van der Waals surface area contributed by atoms with Gasteiger partial charge in [0.15, 0.2) is 0 Å². The molecule has 0 saturated heterocycles. The number of fused-ring (bicyclic) bond motifs is 5. The van der Waals surface area contributed by atoms with E-state index in [9.17, 15) is 4.79 Å². The SMILES string of the molecule is Cn1c2cc[nH]c(=O)c2c2c3cccnc3ccc21. The predicted octanol–water partition coefficient (Wildman–Crippen LogP) is 2.57. The smallest absolute Gasteiger partial charge is 0.258 e. The summed E-state index contributed by atoms with van der Waals surface area (Å²) in [4.78, 5) is 19.3. The number of aryl methyl sites for hydroxylation is 1. The minimum absolute atomic E-state index is 0.0561. The molecule has 0 atom stereocenters. The van der Waals surface area contributed by atoms with Crippen molar-refractivity contribution in [1.82, 2.24) is 14.5 Å². The number of hydrogen-bond acceptors (Lipinski definition) is 2. The number of benzene rings is 1. The standard InChI is InChI=1S/C15H11N3O/c1-18-11-5-4-10-9(3-2-7-16-10)13(11)14-12(18)6-8-17-15(14)19/h2-8H,1H3,(H,17,19). The van der Waals surface area contributed by atoms with Gasteiger partial charge in [-0.3, -0.25) is 9.78 Å². The maximum atomic E-state index is 12.2. The molecular weight excluding hydrogens is 238 g/mol. The number of nitrogens with zero attached hydrogens (tertiary/aromatic N) is 2. The lowest BCUT2D eigenvalue weighted by Crippen LogP contribution is -2.03. The maximum Gasteiger partial charge on any atom is 0.258 e. The molecule has 4 rings (SSSR count). The Morgan fingerprint density at radius 2 is 1.95 bits per heavy atom. The zero-order valence-electron chi connectivity index (χ0n) is 10.3. The number of nitrogens with one attached hydrogen (secondary N) is 1. The average Bonchev–Trinajstić information content (AvgIpc) is 2.74. The van der Waals surface area contributed by atoms with E-state index in [4.69, 9.17) is 0 Å². The van der Waals surface area contributed by atoms with Crippen LogP contribution in [-0.4, -0.2) is 14.5 Å². The van der Waals surface area contributed by atoms with Gasteiger partial charge >= 0.3 is 0 Å². The van der Waals surface area contributed by atoms with Crippen molar-refractivity contribution in [3.8, 4) is 0 Å². The number of hydrogen-bond donors (Lipinski definition) is 1. The molecule has 3 aromatic heterocycles. The van der Waals surface area contributed by atoms with Gasteiger partial charge in [0.05, 0.1) is 16.4 Å². The first-order chi connectivity index (χ1) is 9.27. The second-order valence-corrected chi connectivity index (χ2v) is 4.66. The molecule has 0 aliphatic heterocycles. The molecule has 92 valence electrons. The minimum atomic E-state index is -0.0561. The second-order valence-electron chi connectivity index (χ2n) is 4.66. The Morgan fingerprint density at radius 3 is 2.84 bits per heavy atom. The van der Waals surface area contributed by atoms with Gasteiger partial charge < -0.3 is 9.55 Å². The van der Waals surface area contributed by atoms with Crippen LogP contribution in [0, 0.1) is 0 Å². The number of pyridine rings is 2. The van der Waals surface area contributed by atoms with Gasteiger partial charge in [-0.1, -0.05) is 6.07 Å². The first kappa shape index (κ1) is 10.3. The van der Waals surface area contributed by atoms with Crippen molar-refractivity contribution >= 4 is 32.7 Å². The van der Waals surface area contributed by atoms with Crippen LogP contribution in [0.25, 0.3) is 32.7 Å². The van der Waals surface area contributed by atoms with Gasteiger partial charge in [-0.15, -0.1) is 0 Å². The van der Waals surface area contributed by atoms with Crippen molar-refractivity contribution in [2.24, 2.45) is 7.05 Å². The quantitative estimate of drug-likeness (QED) is 0.520. The van der Waals surface area contributed by atoms with Crippen LogP contribution in [0.5, 0.6) is 0 Å². The molecule has 0 unspecified atom stereocenters. The van der Waals surface area contributed by atoms with E-state index in [1.54, 1.807) is 12.4 Å². The fourth-order valence-electron chi connectivity index (χ4n) is 2.80. The van der Waals surface area contributed by atoms with Crippen molar-refractivity contribution in [3.63, 3.8) is 0 Å². The second kappa shape index (κ2) is 3.45. The molecule has 3 heterocycles. The molecule has 0 radical (unpaired) electrons. The molecule has 0 spiro atoms. The zero-order chi connectivity index (χ0) is 13.0. The summed E-state index contributed by atoms with van der Waals surface area (Å²) < 4.78 is 2.05. The van der Waals surface area contributed by atoms with Crippen LogP contribution in [0.15, 0.2) is 47.5 Å². The molecule has 1 aromatic carbocycles. The predicted molar refractivity (Wildman–Crippen MR) is 76.3 cm³/mol. The zero-order valence-corrected chi connectivity index (χ0v) is 10.3. The topological polar surface area (TPSA) is 50.7 Å². The Hall–Kier alpha value is -2.62.